The van der Waals surface area contributed by atoms with Gasteiger partial charge in [0.25, 0.3) is 5.91 Å². The average molecular weight is 357 g/mol. The Hall–Kier alpha value is -3.33. The van der Waals surface area contributed by atoms with Crippen molar-refractivity contribution >= 4 is 17.7 Å². The fourth-order valence-electron chi connectivity index (χ4n) is 2.78. The van der Waals surface area contributed by atoms with Crippen molar-refractivity contribution < 1.29 is 9.53 Å². The summed E-state index contributed by atoms with van der Waals surface area (Å²) in [6, 6.07) is 27.5. The van der Waals surface area contributed by atoms with Crippen LogP contribution in [0.25, 0.3) is 6.08 Å². The van der Waals surface area contributed by atoms with Crippen LogP contribution in [0.5, 0.6) is 5.75 Å². The third kappa shape index (κ3) is 5.32. The lowest BCUT2D eigenvalue weighted by Crippen LogP contribution is -2.28. The molecule has 0 aromatic heterocycles. The summed E-state index contributed by atoms with van der Waals surface area (Å²) in [5, 5.41) is 0. The Labute approximate surface area is 160 Å². The van der Waals surface area contributed by atoms with Gasteiger partial charge < -0.3 is 9.64 Å². The van der Waals surface area contributed by atoms with Crippen LogP contribution < -0.4 is 9.64 Å². The summed E-state index contributed by atoms with van der Waals surface area (Å²) in [7, 11) is 0. The molecule has 0 saturated carbocycles. The third-order valence-corrected chi connectivity index (χ3v) is 4.17. The van der Waals surface area contributed by atoms with E-state index in [0.717, 1.165) is 22.6 Å². The number of para-hydroxylation sites is 1. The molecule has 0 radical (unpaired) electrons. The van der Waals surface area contributed by atoms with E-state index in [1.807, 2.05) is 97.9 Å². The summed E-state index contributed by atoms with van der Waals surface area (Å²) in [6.07, 6.45) is 3.43. The van der Waals surface area contributed by atoms with Crippen molar-refractivity contribution in [2.24, 2.45) is 0 Å². The van der Waals surface area contributed by atoms with E-state index in [0.29, 0.717) is 13.2 Å². The molecule has 0 unspecified atom stereocenters. The van der Waals surface area contributed by atoms with E-state index in [-0.39, 0.29) is 5.91 Å². The molecule has 3 aromatic rings. The van der Waals surface area contributed by atoms with Gasteiger partial charge in [-0.25, -0.2) is 0 Å². The molecule has 3 aromatic carbocycles. The van der Waals surface area contributed by atoms with Crippen LogP contribution in [-0.4, -0.2) is 12.5 Å². The molecule has 0 atom stereocenters. The smallest absolute Gasteiger partial charge is 0.250 e. The number of likely N-dealkylation sites (N-methyl/N-ethyl adjacent to an activating group) is 1. The average Bonchev–Trinajstić information content (AvgIpc) is 2.73. The maximum absolute atomic E-state index is 12.6. The molecule has 0 fully saturated rings. The number of rotatable bonds is 7. The Kier molecular flexibility index (Phi) is 6.42. The van der Waals surface area contributed by atoms with Crippen molar-refractivity contribution in [1.29, 1.82) is 0 Å². The highest BCUT2D eigenvalue weighted by Gasteiger charge is 2.10. The number of carbonyl (C=O) groups excluding carboxylic acids is 1. The molecule has 27 heavy (non-hydrogen) atoms. The molecule has 0 spiro atoms. The Morgan fingerprint density at radius 3 is 2.33 bits per heavy atom. The Morgan fingerprint density at radius 2 is 1.63 bits per heavy atom. The molecule has 1 amide bonds. The van der Waals surface area contributed by atoms with Gasteiger partial charge in [-0.05, 0) is 48.4 Å². The molecule has 0 aliphatic heterocycles. The maximum atomic E-state index is 12.6. The molecule has 3 rings (SSSR count). The van der Waals surface area contributed by atoms with Crippen molar-refractivity contribution in [3.05, 3.63) is 102 Å². The van der Waals surface area contributed by atoms with Crippen molar-refractivity contribution in [2.45, 2.75) is 13.5 Å². The minimum atomic E-state index is -0.0423. The fraction of sp³-hybridized carbons (Fsp3) is 0.125. The molecule has 0 bridgehead atoms. The van der Waals surface area contributed by atoms with Gasteiger partial charge in [0.1, 0.15) is 12.4 Å². The number of hydrogen-bond acceptors (Lipinski definition) is 2. The Balaban J connectivity index is 1.65. The summed E-state index contributed by atoms with van der Waals surface area (Å²) in [5.74, 6) is 0.739. The topological polar surface area (TPSA) is 29.5 Å². The van der Waals surface area contributed by atoms with Crippen LogP contribution in [0.3, 0.4) is 0 Å². The standard InChI is InChI=1S/C24H23NO2/c1-2-25(22-13-7-4-8-14-22)24(26)17-16-20-12-9-15-23(18-20)27-19-21-10-5-3-6-11-21/h3-18H,2,19H2,1H3/b17-16+. The van der Waals surface area contributed by atoms with Gasteiger partial charge in [0, 0.05) is 18.3 Å². The van der Waals surface area contributed by atoms with E-state index in [1.165, 1.54) is 0 Å². The highest BCUT2D eigenvalue weighted by atomic mass is 16.5. The zero-order valence-electron chi connectivity index (χ0n) is 15.4. The van der Waals surface area contributed by atoms with E-state index in [4.69, 9.17) is 4.74 Å². The first-order valence-corrected chi connectivity index (χ1v) is 9.07. The molecule has 3 heteroatoms. The molecular weight excluding hydrogens is 334 g/mol. The predicted octanol–water partition coefficient (Wildman–Crippen LogP) is 5.33. The molecule has 0 aliphatic carbocycles. The molecule has 136 valence electrons. The Morgan fingerprint density at radius 1 is 0.926 bits per heavy atom. The van der Waals surface area contributed by atoms with Crippen LogP contribution in [0, 0.1) is 0 Å². The quantitative estimate of drug-likeness (QED) is 0.535. The summed E-state index contributed by atoms with van der Waals surface area (Å²) >= 11 is 0. The fourth-order valence-corrected chi connectivity index (χ4v) is 2.78. The third-order valence-electron chi connectivity index (χ3n) is 4.17. The summed E-state index contributed by atoms with van der Waals surface area (Å²) in [5.41, 5.74) is 2.95. The number of ether oxygens (including phenoxy) is 1. The normalized spacial score (nSPS) is 10.7. The van der Waals surface area contributed by atoms with Gasteiger partial charge in [-0.3, -0.25) is 4.79 Å². The van der Waals surface area contributed by atoms with Gasteiger partial charge in [-0.1, -0.05) is 60.7 Å². The molecule has 0 heterocycles. The minimum absolute atomic E-state index is 0.0423. The van der Waals surface area contributed by atoms with Crippen LogP contribution in [0.2, 0.25) is 0 Å². The van der Waals surface area contributed by atoms with Gasteiger partial charge in [-0.2, -0.15) is 0 Å². The highest BCUT2D eigenvalue weighted by Crippen LogP contribution is 2.17. The monoisotopic (exact) mass is 357 g/mol. The first-order valence-electron chi connectivity index (χ1n) is 9.07. The summed E-state index contributed by atoms with van der Waals surface area (Å²) in [4.78, 5) is 14.3. The predicted molar refractivity (Wildman–Crippen MR) is 111 cm³/mol. The zero-order valence-corrected chi connectivity index (χ0v) is 15.4. The van der Waals surface area contributed by atoms with Gasteiger partial charge in [0.15, 0.2) is 0 Å². The van der Waals surface area contributed by atoms with Gasteiger partial charge in [-0.15, -0.1) is 0 Å². The molecule has 3 nitrogen and oxygen atoms in total. The van der Waals surface area contributed by atoms with E-state index in [2.05, 4.69) is 0 Å². The van der Waals surface area contributed by atoms with E-state index in [9.17, 15) is 4.79 Å². The second-order valence-corrected chi connectivity index (χ2v) is 6.10. The van der Waals surface area contributed by atoms with Gasteiger partial charge in [0.05, 0.1) is 0 Å². The largest absolute Gasteiger partial charge is 0.489 e. The van der Waals surface area contributed by atoms with Crippen LogP contribution in [-0.2, 0) is 11.4 Å². The van der Waals surface area contributed by atoms with Crippen LogP contribution in [0.15, 0.2) is 91.0 Å². The molecule has 0 saturated heterocycles. The number of carbonyl (C=O) groups is 1. The van der Waals surface area contributed by atoms with Crippen LogP contribution in [0.4, 0.5) is 5.69 Å². The van der Waals surface area contributed by atoms with Gasteiger partial charge in [0.2, 0.25) is 0 Å². The van der Waals surface area contributed by atoms with E-state index < -0.39 is 0 Å². The summed E-state index contributed by atoms with van der Waals surface area (Å²) in [6.45, 7) is 3.11. The Bertz CT molecular complexity index is 889. The number of amides is 1. The zero-order chi connectivity index (χ0) is 18.9. The number of hydrogen-bond donors (Lipinski definition) is 0. The first kappa shape index (κ1) is 18.5. The minimum Gasteiger partial charge on any atom is -0.489 e. The van der Waals surface area contributed by atoms with Gasteiger partial charge >= 0.3 is 0 Å². The highest BCUT2D eigenvalue weighted by molar-refractivity contribution is 6.03. The first-order chi connectivity index (χ1) is 13.3. The second-order valence-electron chi connectivity index (χ2n) is 6.10. The second kappa shape index (κ2) is 9.39. The van der Waals surface area contributed by atoms with E-state index in [1.54, 1.807) is 11.0 Å². The van der Waals surface area contributed by atoms with Crippen molar-refractivity contribution in [3.8, 4) is 5.75 Å². The van der Waals surface area contributed by atoms with Crippen molar-refractivity contribution in [1.82, 2.24) is 0 Å². The van der Waals surface area contributed by atoms with Crippen molar-refractivity contribution in [2.75, 3.05) is 11.4 Å². The molecular formula is C24H23NO2. The number of benzene rings is 3. The molecule has 0 aliphatic rings. The SMILES string of the molecule is CCN(C(=O)/C=C/c1cccc(OCc2ccccc2)c1)c1ccccc1. The lowest BCUT2D eigenvalue weighted by molar-refractivity contribution is -0.114. The van der Waals surface area contributed by atoms with E-state index >= 15 is 0 Å². The molecule has 0 N–H and O–H groups in total. The number of anilines is 1. The van der Waals surface area contributed by atoms with Crippen LogP contribution in [0.1, 0.15) is 18.1 Å². The maximum Gasteiger partial charge on any atom is 0.250 e. The summed E-state index contributed by atoms with van der Waals surface area (Å²) < 4.78 is 5.85. The van der Waals surface area contributed by atoms with Crippen LogP contribution >= 0.6 is 0 Å². The lowest BCUT2D eigenvalue weighted by atomic mass is 10.2. The lowest BCUT2D eigenvalue weighted by Gasteiger charge is -2.19. The van der Waals surface area contributed by atoms with Crippen molar-refractivity contribution in [3.63, 3.8) is 0 Å². The number of nitrogens with zero attached hydrogens (tertiary/aromatic N) is 1.